The van der Waals surface area contributed by atoms with Crippen LogP contribution in [0.15, 0.2) is 28.7 Å². The van der Waals surface area contributed by atoms with Crippen LogP contribution < -0.4 is 4.74 Å². The minimum atomic E-state index is 0.328. The summed E-state index contributed by atoms with van der Waals surface area (Å²) in [6.07, 6.45) is 7.23. The van der Waals surface area contributed by atoms with E-state index in [1.807, 2.05) is 24.3 Å². The Balaban J connectivity index is 1.76. The maximum absolute atomic E-state index is 8.84. The molecule has 0 unspecified atom stereocenters. The molecule has 2 nitrogen and oxygen atoms in total. The third-order valence-electron chi connectivity index (χ3n) is 3.66. The van der Waals surface area contributed by atoms with Crippen LogP contribution in [0, 0.1) is 5.92 Å². The Kier molecular flexibility index (Phi) is 5.51. The Bertz CT molecular complexity index is 359. The third kappa shape index (κ3) is 4.29. The monoisotopic (exact) mass is 312 g/mol. The fourth-order valence-electron chi connectivity index (χ4n) is 2.65. The van der Waals surface area contributed by atoms with Crippen molar-refractivity contribution in [2.75, 3.05) is 6.61 Å². The summed E-state index contributed by atoms with van der Waals surface area (Å²) in [5, 5.41) is 8.84. The third-order valence-corrected chi connectivity index (χ3v) is 4.16. The highest BCUT2D eigenvalue weighted by atomic mass is 79.9. The van der Waals surface area contributed by atoms with Crippen molar-refractivity contribution in [3.8, 4) is 5.75 Å². The molecule has 1 aromatic rings. The van der Waals surface area contributed by atoms with E-state index in [4.69, 9.17) is 9.84 Å². The summed E-state index contributed by atoms with van der Waals surface area (Å²) in [6, 6.07) is 8.06. The van der Waals surface area contributed by atoms with Gasteiger partial charge in [-0.3, -0.25) is 0 Å². The lowest BCUT2D eigenvalue weighted by atomic mass is 9.84. The van der Waals surface area contributed by atoms with Crippen LogP contribution in [0.4, 0.5) is 0 Å². The molecular formula is C15H21BrO2. The molecule has 0 heterocycles. The van der Waals surface area contributed by atoms with E-state index >= 15 is 0 Å². The van der Waals surface area contributed by atoms with Gasteiger partial charge in [-0.25, -0.2) is 0 Å². The van der Waals surface area contributed by atoms with Gasteiger partial charge in [0, 0.05) is 11.1 Å². The van der Waals surface area contributed by atoms with Gasteiger partial charge < -0.3 is 9.84 Å². The van der Waals surface area contributed by atoms with Crippen molar-refractivity contribution in [3.63, 3.8) is 0 Å². The number of aliphatic hydroxyl groups excluding tert-OH is 1. The van der Waals surface area contributed by atoms with Gasteiger partial charge in [0.2, 0.25) is 0 Å². The summed E-state index contributed by atoms with van der Waals surface area (Å²) in [5.74, 6) is 1.75. The van der Waals surface area contributed by atoms with E-state index in [-0.39, 0.29) is 0 Å². The van der Waals surface area contributed by atoms with Crippen LogP contribution >= 0.6 is 15.9 Å². The molecule has 0 spiro atoms. The second kappa shape index (κ2) is 7.15. The molecule has 2 rings (SSSR count). The molecule has 100 valence electrons. The number of halogens is 1. The molecule has 0 aromatic heterocycles. The van der Waals surface area contributed by atoms with Crippen LogP contribution in [0.1, 0.15) is 38.5 Å². The highest BCUT2D eigenvalue weighted by molar-refractivity contribution is 9.10. The van der Waals surface area contributed by atoms with Crippen molar-refractivity contribution in [1.82, 2.24) is 0 Å². The Morgan fingerprint density at radius 1 is 1.22 bits per heavy atom. The Morgan fingerprint density at radius 3 is 2.67 bits per heavy atom. The van der Waals surface area contributed by atoms with E-state index in [1.54, 1.807) is 0 Å². The Hall–Kier alpha value is -0.540. The molecule has 1 saturated carbocycles. The fraction of sp³-hybridized carbons (Fsp3) is 0.600. The zero-order valence-corrected chi connectivity index (χ0v) is 12.2. The second-order valence-corrected chi connectivity index (χ2v) is 6.00. The molecule has 0 amide bonds. The summed E-state index contributed by atoms with van der Waals surface area (Å²) < 4.78 is 7.08. The SMILES string of the molecule is OCCCC1CCC(Oc2cccc(Br)c2)CC1. The van der Waals surface area contributed by atoms with E-state index in [0.29, 0.717) is 12.7 Å². The van der Waals surface area contributed by atoms with Gasteiger partial charge in [-0.15, -0.1) is 0 Å². The van der Waals surface area contributed by atoms with Crippen molar-refractivity contribution in [2.45, 2.75) is 44.6 Å². The standard InChI is InChI=1S/C15H21BrO2/c16-13-4-1-5-15(11-13)18-14-8-6-12(7-9-14)3-2-10-17/h1,4-5,11-12,14,17H,2-3,6-10H2. The molecule has 0 aliphatic heterocycles. The van der Waals surface area contributed by atoms with Crippen molar-refractivity contribution in [1.29, 1.82) is 0 Å². The van der Waals surface area contributed by atoms with Crippen molar-refractivity contribution in [3.05, 3.63) is 28.7 Å². The lowest BCUT2D eigenvalue weighted by Crippen LogP contribution is -2.24. The first-order chi connectivity index (χ1) is 8.78. The molecule has 1 aliphatic carbocycles. The van der Waals surface area contributed by atoms with E-state index < -0.39 is 0 Å². The quantitative estimate of drug-likeness (QED) is 0.884. The molecule has 0 saturated heterocycles. The van der Waals surface area contributed by atoms with E-state index in [0.717, 1.165) is 35.4 Å². The fourth-order valence-corrected chi connectivity index (χ4v) is 3.03. The number of ether oxygens (including phenoxy) is 1. The van der Waals surface area contributed by atoms with E-state index in [9.17, 15) is 0 Å². The second-order valence-electron chi connectivity index (χ2n) is 5.08. The molecule has 0 bridgehead atoms. The summed E-state index contributed by atoms with van der Waals surface area (Å²) >= 11 is 3.46. The Labute approximate surface area is 117 Å². The van der Waals surface area contributed by atoms with E-state index in [2.05, 4.69) is 15.9 Å². The highest BCUT2D eigenvalue weighted by Crippen LogP contribution is 2.30. The minimum Gasteiger partial charge on any atom is -0.490 e. The van der Waals surface area contributed by atoms with Gasteiger partial charge in [0.15, 0.2) is 0 Å². The predicted octanol–water partition coefficient (Wildman–Crippen LogP) is 4.16. The molecule has 3 heteroatoms. The number of hydrogen-bond donors (Lipinski definition) is 1. The molecular weight excluding hydrogens is 292 g/mol. The lowest BCUT2D eigenvalue weighted by molar-refractivity contribution is 0.125. The zero-order valence-electron chi connectivity index (χ0n) is 10.6. The summed E-state index contributed by atoms with van der Waals surface area (Å²) in [5.41, 5.74) is 0. The van der Waals surface area contributed by atoms with Crippen LogP contribution in [-0.2, 0) is 0 Å². The first-order valence-electron chi connectivity index (χ1n) is 6.81. The van der Waals surface area contributed by atoms with Crippen LogP contribution in [0.3, 0.4) is 0 Å². The van der Waals surface area contributed by atoms with Gasteiger partial charge in [-0.05, 0) is 62.6 Å². The van der Waals surface area contributed by atoms with Crippen LogP contribution in [0.2, 0.25) is 0 Å². The van der Waals surface area contributed by atoms with Crippen molar-refractivity contribution in [2.24, 2.45) is 5.92 Å². The molecule has 1 aliphatic rings. The number of hydrogen-bond acceptors (Lipinski definition) is 2. The van der Waals surface area contributed by atoms with Crippen LogP contribution in [0.5, 0.6) is 5.75 Å². The number of benzene rings is 1. The average Bonchev–Trinajstić information content (AvgIpc) is 2.38. The van der Waals surface area contributed by atoms with Crippen molar-refractivity contribution >= 4 is 15.9 Å². The first kappa shape index (κ1) is 13.9. The maximum Gasteiger partial charge on any atom is 0.120 e. The smallest absolute Gasteiger partial charge is 0.120 e. The summed E-state index contributed by atoms with van der Waals surface area (Å²) in [7, 11) is 0. The maximum atomic E-state index is 8.84. The molecule has 0 atom stereocenters. The average molecular weight is 313 g/mol. The topological polar surface area (TPSA) is 29.5 Å². The summed E-state index contributed by atoms with van der Waals surface area (Å²) in [4.78, 5) is 0. The molecule has 1 N–H and O–H groups in total. The molecule has 1 fully saturated rings. The number of aliphatic hydroxyl groups is 1. The van der Waals surface area contributed by atoms with Crippen LogP contribution in [-0.4, -0.2) is 17.8 Å². The lowest BCUT2D eigenvalue weighted by Gasteiger charge is -2.29. The molecule has 0 radical (unpaired) electrons. The number of rotatable bonds is 5. The van der Waals surface area contributed by atoms with Gasteiger partial charge >= 0.3 is 0 Å². The van der Waals surface area contributed by atoms with Crippen LogP contribution in [0.25, 0.3) is 0 Å². The minimum absolute atomic E-state index is 0.328. The zero-order chi connectivity index (χ0) is 12.8. The molecule has 18 heavy (non-hydrogen) atoms. The van der Waals surface area contributed by atoms with Gasteiger partial charge in [-0.2, -0.15) is 0 Å². The summed E-state index contributed by atoms with van der Waals surface area (Å²) in [6.45, 7) is 0.328. The first-order valence-corrected chi connectivity index (χ1v) is 7.60. The van der Waals surface area contributed by atoms with Gasteiger partial charge in [0.25, 0.3) is 0 Å². The van der Waals surface area contributed by atoms with E-state index in [1.165, 1.54) is 19.3 Å². The Morgan fingerprint density at radius 2 is 2.00 bits per heavy atom. The van der Waals surface area contributed by atoms with Gasteiger partial charge in [0.05, 0.1) is 6.10 Å². The molecule has 1 aromatic carbocycles. The van der Waals surface area contributed by atoms with Crippen molar-refractivity contribution < 1.29 is 9.84 Å². The normalized spacial score (nSPS) is 23.9. The largest absolute Gasteiger partial charge is 0.490 e. The van der Waals surface area contributed by atoms with Gasteiger partial charge in [-0.1, -0.05) is 22.0 Å². The predicted molar refractivity (Wildman–Crippen MR) is 76.8 cm³/mol. The highest BCUT2D eigenvalue weighted by Gasteiger charge is 2.21. The van der Waals surface area contributed by atoms with Gasteiger partial charge in [0.1, 0.15) is 5.75 Å².